The lowest BCUT2D eigenvalue weighted by molar-refractivity contribution is 0.293. The summed E-state index contributed by atoms with van der Waals surface area (Å²) in [5.74, 6) is 0.0237. The Morgan fingerprint density at radius 3 is 2.49 bits per heavy atom. The van der Waals surface area contributed by atoms with E-state index in [-0.39, 0.29) is 44.9 Å². The Kier molecular flexibility index (Phi) is 9.39. The number of ether oxygens (including phenoxy) is 1. The van der Waals surface area contributed by atoms with Crippen LogP contribution in [0.1, 0.15) is 18.4 Å². The van der Waals surface area contributed by atoms with Gasteiger partial charge in [-0.15, -0.1) is 0 Å². The van der Waals surface area contributed by atoms with E-state index in [1.54, 1.807) is 18.5 Å². The fourth-order valence-electron chi connectivity index (χ4n) is 3.30. The van der Waals surface area contributed by atoms with Crippen molar-refractivity contribution in [2.75, 3.05) is 10.8 Å². The highest BCUT2D eigenvalue weighted by Gasteiger charge is 2.32. The van der Waals surface area contributed by atoms with Gasteiger partial charge < -0.3 is 4.74 Å². The molecule has 0 atom stereocenters. The minimum atomic E-state index is -4.15. The van der Waals surface area contributed by atoms with Gasteiger partial charge in [0.25, 0.3) is 15.9 Å². The van der Waals surface area contributed by atoms with Gasteiger partial charge >= 0.3 is 0 Å². The molecule has 2 heterocycles. The van der Waals surface area contributed by atoms with Gasteiger partial charge in [-0.05, 0) is 24.6 Å². The number of hydrogen-bond acceptors (Lipinski definition) is 6. The minimum absolute atomic E-state index is 0.00623. The first-order valence-electron chi connectivity index (χ1n) is 11.0. The smallest absolute Gasteiger partial charge is 0.267 e. The molecule has 3 aromatic rings. The maximum Gasteiger partial charge on any atom is 0.267 e. The van der Waals surface area contributed by atoms with Gasteiger partial charge in [-0.2, -0.15) is 4.98 Å². The van der Waals surface area contributed by atoms with Crippen LogP contribution < -0.4 is 9.04 Å². The van der Waals surface area contributed by atoms with Crippen LogP contribution in [0.25, 0.3) is 0 Å². The molecule has 0 aliphatic carbocycles. The molecule has 35 heavy (non-hydrogen) atoms. The van der Waals surface area contributed by atoms with Crippen molar-refractivity contribution >= 4 is 58.7 Å². The lowest BCUT2D eigenvalue weighted by atomic mass is 10.3. The number of rotatable bonds is 11. The molecule has 0 spiro atoms. The predicted octanol–water partition coefficient (Wildman–Crippen LogP) is 6.72. The van der Waals surface area contributed by atoms with E-state index in [4.69, 9.17) is 39.5 Å². The van der Waals surface area contributed by atoms with Gasteiger partial charge in [0.05, 0.1) is 16.2 Å². The molecule has 0 radical (unpaired) electrons. The second-order valence-corrected chi connectivity index (χ2v) is 17.7. The second kappa shape index (κ2) is 11.9. The highest BCUT2D eigenvalue weighted by Crippen LogP contribution is 2.36. The zero-order valence-electron chi connectivity index (χ0n) is 19.7. The molecule has 2 aromatic heterocycles. The lowest BCUT2D eigenvalue weighted by Gasteiger charge is -2.26. The molecule has 0 unspecified atom stereocenters. The number of hydrogen-bond donors (Lipinski definition) is 0. The average Bonchev–Trinajstić information content (AvgIpc) is 2.80. The first kappa shape index (κ1) is 27.7. The second-order valence-electron chi connectivity index (χ2n) is 9.12. The predicted molar refractivity (Wildman–Crippen MR) is 144 cm³/mol. The fraction of sp³-hybridized carbons (Fsp3) is 0.348. The summed E-state index contributed by atoms with van der Waals surface area (Å²) in [6.45, 7) is 7.11. The van der Waals surface area contributed by atoms with Crippen LogP contribution in [-0.4, -0.2) is 38.0 Å². The number of pyridine rings is 1. The average molecular weight is 574 g/mol. The third-order valence-electron chi connectivity index (χ3n) is 5.05. The summed E-state index contributed by atoms with van der Waals surface area (Å²) < 4.78 is 34.7. The van der Waals surface area contributed by atoms with Crippen LogP contribution in [0.4, 0.5) is 5.82 Å². The van der Waals surface area contributed by atoms with Crippen molar-refractivity contribution < 1.29 is 13.2 Å². The quantitative estimate of drug-likeness (QED) is 0.187. The van der Waals surface area contributed by atoms with Gasteiger partial charge in [-0.1, -0.05) is 79.0 Å². The molecular formula is C23H27Cl3N4O3SSi. The van der Waals surface area contributed by atoms with Crippen LogP contribution in [0.15, 0.2) is 53.8 Å². The standard InChI is InChI=1S/C23H27Cl3N4O3SSi/c1-35(2,3)13-5-4-12-30(34(31,32)19-10-6-9-18(24)21(19)26)22-23(29-20(25)15-28-22)33-16-17-8-7-11-27-14-17/h6-11,14-15H,4-5,12-13,16H2,1-3H3. The van der Waals surface area contributed by atoms with Gasteiger partial charge in [0.1, 0.15) is 11.5 Å². The highest BCUT2D eigenvalue weighted by atomic mass is 35.5. The number of nitrogens with zero attached hydrogens (tertiary/aromatic N) is 4. The Morgan fingerprint density at radius 1 is 1.03 bits per heavy atom. The van der Waals surface area contributed by atoms with Crippen LogP contribution in [0.3, 0.4) is 0 Å². The molecule has 3 rings (SSSR count). The maximum atomic E-state index is 13.8. The van der Waals surface area contributed by atoms with E-state index in [1.807, 2.05) is 6.07 Å². The molecule has 0 saturated heterocycles. The van der Waals surface area contributed by atoms with E-state index in [2.05, 4.69) is 34.6 Å². The van der Waals surface area contributed by atoms with Crippen LogP contribution in [0, 0.1) is 0 Å². The zero-order chi connectivity index (χ0) is 25.6. The Labute approximate surface area is 222 Å². The summed E-state index contributed by atoms with van der Waals surface area (Å²) in [6, 6.07) is 9.16. The molecule has 0 amide bonds. The van der Waals surface area contributed by atoms with Gasteiger partial charge in [-0.3, -0.25) is 4.98 Å². The number of sulfonamides is 1. The van der Waals surface area contributed by atoms with Crippen molar-refractivity contribution in [1.29, 1.82) is 0 Å². The Balaban J connectivity index is 2.00. The van der Waals surface area contributed by atoms with Crippen molar-refractivity contribution in [1.82, 2.24) is 15.0 Å². The summed E-state index contributed by atoms with van der Waals surface area (Å²) in [4.78, 5) is 12.5. The topological polar surface area (TPSA) is 85.3 Å². The summed E-state index contributed by atoms with van der Waals surface area (Å²) in [6.07, 6.45) is 6.08. The van der Waals surface area contributed by atoms with Crippen molar-refractivity contribution in [3.63, 3.8) is 0 Å². The van der Waals surface area contributed by atoms with Crippen molar-refractivity contribution in [2.24, 2.45) is 0 Å². The van der Waals surface area contributed by atoms with Crippen LogP contribution in [0.5, 0.6) is 5.88 Å². The third-order valence-corrected chi connectivity index (χ3v) is 9.85. The lowest BCUT2D eigenvalue weighted by Crippen LogP contribution is -2.34. The van der Waals surface area contributed by atoms with E-state index in [9.17, 15) is 8.42 Å². The minimum Gasteiger partial charge on any atom is -0.470 e. The summed E-state index contributed by atoms with van der Waals surface area (Å²) >= 11 is 18.5. The molecule has 7 nitrogen and oxygen atoms in total. The van der Waals surface area contributed by atoms with Crippen LogP contribution >= 0.6 is 34.8 Å². The molecule has 1 aromatic carbocycles. The van der Waals surface area contributed by atoms with E-state index in [1.165, 1.54) is 28.7 Å². The Morgan fingerprint density at radius 2 is 1.80 bits per heavy atom. The van der Waals surface area contributed by atoms with E-state index < -0.39 is 18.1 Å². The number of anilines is 1. The summed E-state index contributed by atoms with van der Waals surface area (Å²) in [5.41, 5.74) is 0.780. The largest absolute Gasteiger partial charge is 0.470 e. The van der Waals surface area contributed by atoms with E-state index >= 15 is 0 Å². The van der Waals surface area contributed by atoms with Gasteiger partial charge in [-0.25, -0.2) is 17.7 Å². The third kappa shape index (κ3) is 7.53. The molecule has 0 aliphatic heterocycles. The zero-order valence-corrected chi connectivity index (χ0v) is 23.8. The number of aromatic nitrogens is 3. The van der Waals surface area contributed by atoms with E-state index in [0.29, 0.717) is 6.42 Å². The molecule has 0 N–H and O–H groups in total. The van der Waals surface area contributed by atoms with Gasteiger partial charge in [0.2, 0.25) is 5.82 Å². The maximum absolute atomic E-state index is 13.8. The molecule has 0 bridgehead atoms. The first-order chi connectivity index (χ1) is 16.5. The van der Waals surface area contributed by atoms with Crippen molar-refractivity contribution in [3.8, 4) is 5.88 Å². The summed E-state index contributed by atoms with van der Waals surface area (Å²) in [5, 5.41) is 0.162. The summed E-state index contributed by atoms with van der Waals surface area (Å²) in [7, 11) is -5.44. The van der Waals surface area contributed by atoms with Crippen molar-refractivity contribution in [3.05, 3.63) is 69.7 Å². The first-order valence-corrected chi connectivity index (χ1v) is 17.3. The molecule has 0 saturated carbocycles. The van der Waals surface area contributed by atoms with E-state index in [0.717, 1.165) is 18.0 Å². The molecule has 0 aliphatic rings. The number of halogens is 3. The van der Waals surface area contributed by atoms with Crippen molar-refractivity contribution in [2.45, 2.75) is 50.0 Å². The van der Waals surface area contributed by atoms with Crippen LogP contribution in [0.2, 0.25) is 40.9 Å². The highest BCUT2D eigenvalue weighted by molar-refractivity contribution is 7.93. The monoisotopic (exact) mass is 572 g/mol. The normalized spacial score (nSPS) is 11.9. The van der Waals surface area contributed by atoms with Crippen LogP contribution in [-0.2, 0) is 16.6 Å². The molecular weight excluding hydrogens is 547 g/mol. The fourth-order valence-corrected chi connectivity index (χ4v) is 6.93. The van der Waals surface area contributed by atoms with Gasteiger partial charge in [0, 0.05) is 32.6 Å². The molecule has 0 fully saturated rings. The number of benzene rings is 1. The Hall–Kier alpha value is -1.91. The Bertz CT molecular complexity index is 1260. The molecule has 12 heteroatoms. The molecule has 188 valence electrons. The number of unbranched alkanes of at least 4 members (excludes halogenated alkanes) is 1. The SMILES string of the molecule is C[Si](C)(C)CCCCN(c1ncc(Cl)nc1OCc1cccnc1)S(=O)(=O)c1cccc(Cl)c1Cl. The van der Waals surface area contributed by atoms with Gasteiger partial charge in [0.15, 0.2) is 5.15 Å².